The molecule has 3 heterocycles. The van der Waals surface area contributed by atoms with Gasteiger partial charge >= 0.3 is 5.97 Å². The normalized spacial score (nSPS) is 21.5. The molecule has 2 atom stereocenters. The summed E-state index contributed by atoms with van der Waals surface area (Å²) in [7, 11) is 1.43. The maximum atomic E-state index is 11.7. The number of hydrogen-bond acceptors (Lipinski definition) is 4. The van der Waals surface area contributed by atoms with Gasteiger partial charge < -0.3 is 19.5 Å². The number of carbonyl (C=O) groups is 1. The zero-order valence-corrected chi connectivity index (χ0v) is 19.5. The molecule has 0 spiro atoms. The largest absolute Gasteiger partial charge is 0.469 e. The first-order chi connectivity index (χ1) is 15.0. The minimum absolute atomic E-state index is 0.0237. The van der Waals surface area contributed by atoms with Crippen LogP contribution in [0.15, 0.2) is 30.5 Å². The van der Waals surface area contributed by atoms with Gasteiger partial charge in [0, 0.05) is 36.6 Å². The summed E-state index contributed by atoms with van der Waals surface area (Å²) in [5.41, 5.74) is 4.91. The van der Waals surface area contributed by atoms with Gasteiger partial charge in [0.15, 0.2) is 5.11 Å². The maximum Gasteiger partial charge on any atom is 0.305 e. The third kappa shape index (κ3) is 4.33. The summed E-state index contributed by atoms with van der Waals surface area (Å²) in [6, 6.07) is 8.96. The molecule has 0 aromatic carbocycles. The molecule has 1 aliphatic heterocycles. The molecule has 2 aliphatic rings. The first-order valence-corrected chi connectivity index (χ1v) is 11.6. The van der Waals surface area contributed by atoms with E-state index in [0.717, 1.165) is 10.8 Å². The van der Waals surface area contributed by atoms with Crippen LogP contribution in [0, 0.1) is 13.8 Å². The number of aryl methyl sites for hydroxylation is 1. The number of esters is 1. The molecule has 1 saturated heterocycles. The zero-order chi connectivity index (χ0) is 22.0. The van der Waals surface area contributed by atoms with Crippen molar-refractivity contribution in [1.29, 1.82) is 0 Å². The Labute approximate surface area is 190 Å². The van der Waals surface area contributed by atoms with Crippen molar-refractivity contribution in [2.45, 2.75) is 70.5 Å². The van der Waals surface area contributed by atoms with Crippen LogP contribution in [0.5, 0.6) is 0 Å². The van der Waals surface area contributed by atoms with Gasteiger partial charge in [0.05, 0.1) is 24.9 Å². The minimum Gasteiger partial charge on any atom is -0.469 e. The Hall–Kier alpha value is -2.41. The first-order valence-electron chi connectivity index (χ1n) is 11.2. The number of carbonyl (C=O) groups excluding carboxylic acids is 1. The Bertz CT molecular complexity index is 937. The summed E-state index contributed by atoms with van der Waals surface area (Å²) in [4.78, 5) is 18.5. The predicted octanol–water partition coefficient (Wildman–Crippen LogP) is 4.54. The van der Waals surface area contributed by atoms with E-state index >= 15 is 0 Å². The third-order valence-electron chi connectivity index (χ3n) is 6.74. The number of rotatable bonds is 7. The van der Waals surface area contributed by atoms with Gasteiger partial charge in [-0.1, -0.05) is 18.9 Å². The van der Waals surface area contributed by atoms with Crippen LogP contribution in [0.2, 0.25) is 0 Å². The molecule has 1 aliphatic carbocycles. The molecule has 0 amide bonds. The fourth-order valence-electron chi connectivity index (χ4n) is 5.31. The fourth-order valence-corrected chi connectivity index (χ4v) is 5.64. The molecule has 7 heteroatoms. The van der Waals surface area contributed by atoms with Crippen molar-refractivity contribution in [1.82, 2.24) is 19.8 Å². The van der Waals surface area contributed by atoms with Crippen LogP contribution >= 0.6 is 12.2 Å². The van der Waals surface area contributed by atoms with E-state index in [9.17, 15) is 4.79 Å². The van der Waals surface area contributed by atoms with Crippen LogP contribution < -0.4 is 5.32 Å². The van der Waals surface area contributed by atoms with E-state index in [4.69, 9.17) is 17.0 Å². The number of methoxy groups -OCH3 is 1. The Morgan fingerprint density at radius 1 is 1.29 bits per heavy atom. The molecule has 0 radical (unpaired) electrons. The number of pyridine rings is 1. The molecular formula is C24H32N4O2S. The first kappa shape index (κ1) is 21.8. The molecule has 6 nitrogen and oxygen atoms in total. The van der Waals surface area contributed by atoms with Crippen molar-refractivity contribution in [2.75, 3.05) is 13.7 Å². The summed E-state index contributed by atoms with van der Waals surface area (Å²) in [5.74, 6) is -0.185. The van der Waals surface area contributed by atoms with E-state index < -0.39 is 0 Å². The minimum atomic E-state index is -0.185. The molecule has 31 heavy (non-hydrogen) atoms. The smallest absolute Gasteiger partial charge is 0.305 e. The second kappa shape index (κ2) is 9.39. The second-order valence-corrected chi connectivity index (χ2v) is 9.02. The SMILES string of the molecule is COC(=O)CCCN1C(=S)N[C@@H](c2ccccn2)[C@H]1c1cc(C)n(C2CCCC2)c1C. The number of ether oxygens (including phenoxy) is 1. The standard InChI is InChI=1S/C24H32N4O2S/c1-16-15-19(17(2)28(16)18-9-4-5-10-18)23-22(20-11-6-7-13-25-20)26-24(31)27(23)14-8-12-21(29)30-3/h6-7,11,13,15,18,22-23H,4-5,8-10,12,14H2,1-3H3,(H,26,31)/t22-,23+/m0/s1. The van der Waals surface area contributed by atoms with E-state index in [1.54, 1.807) is 0 Å². The summed E-state index contributed by atoms with van der Waals surface area (Å²) >= 11 is 5.76. The van der Waals surface area contributed by atoms with Crippen molar-refractivity contribution in [3.63, 3.8) is 0 Å². The van der Waals surface area contributed by atoms with Crippen molar-refractivity contribution in [2.24, 2.45) is 0 Å². The number of nitrogens with zero attached hydrogens (tertiary/aromatic N) is 3. The average Bonchev–Trinajstić information content (AvgIpc) is 3.47. The highest BCUT2D eigenvalue weighted by atomic mass is 32.1. The summed E-state index contributed by atoms with van der Waals surface area (Å²) in [5, 5.41) is 4.23. The van der Waals surface area contributed by atoms with Gasteiger partial charge in [-0.25, -0.2) is 0 Å². The highest BCUT2D eigenvalue weighted by molar-refractivity contribution is 7.80. The number of nitrogens with one attached hydrogen (secondary N) is 1. The fraction of sp³-hybridized carbons (Fsp3) is 0.542. The predicted molar refractivity (Wildman–Crippen MR) is 125 cm³/mol. The van der Waals surface area contributed by atoms with Crippen LogP contribution in [0.4, 0.5) is 0 Å². The molecule has 0 bridgehead atoms. The Morgan fingerprint density at radius 3 is 2.74 bits per heavy atom. The molecule has 1 N–H and O–H groups in total. The van der Waals surface area contributed by atoms with Crippen LogP contribution in [0.1, 0.15) is 79.3 Å². The topological polar surface area (TPSA) is 59.4 Å². The molecule has 2 aromatic rings. The van der Waals surface area contributed by atoms with Crippen molar-refractivity contribution in [3.8, 4) is 0 Å². The monoisotopic (exact) mass is 440 g/mol. The van der Waals surface area contributed by atoms with E-state index in [2.05, 4.69) is 45.7 Å². The third-order valence-corrected chi connectivity index (χ3v) is 7.09. The molecule has 1 saturated carbocycles. The Kier molecular flexibility index (Phi) is 6.60. The molecule has 4 rings (SSSR count). The van der Waals surface area contributed by atoms with Crippen LogP contribution in [0.25, 0.3) is 0 Å². The Morgan fingerprint density at radius 2 is 2.06 bits per heavy atom. The van der Waals surface area contributed by atoms with Crippen LogP contribution in [-0.2, 0) is 9.53 Å². The van der Waals surface area contributed by atoms with Crippen LogP contribution in [0.3, 0.4) is 0 Å². The van der Waals surface area contributed by atoms with Crippen LogP contribution in [-0.4, -0.2) is 39.2 Å². The second-order valence-electron chi connectivity index (χ2n) is 8.63. The lowest BCUT2D eigenvalue weighted by Crippen LogP contribution is -2.31. The van der Waals surface area contributed by atoms with Gasteiger partial charge in [0.25, 0.3) is 0 Å². The Balaban J connectivity index is 1.69. The van der Waals surface area contributed by atoms with E-state index in [1.165, 1.54) is 49.7 Å². The van der Waals surface area contributed by atoms with E-state index in [-0.39, 0.29) is 18.1 Å². The van der Waals surface area contributed by atoms with Gasteiger partial charge in [-0.3, -0.25) is 9.78 Å². The van der Waals surface area contributed by atoms with Gasteiger partial charge in [-0.2, -0.15) is 0 Å². The van der Waals surface area contributed by atoms with Gasteiger partial charge in [-0.15, -0.1) is 0 Å². The van der Waals surface area contributed by atoms with Crippen molar-refractivity contribution < 1.29 is 9.53 Å². The molecule has 2 fully saturated rings. The van der Waals surface area contributed by atoms with Crippen molar-refractivity contribution >= 4 is 23.3 Å². The molecular weight excluding hydrogens is 408 g/mol. The maximum absolute atomic E-state index is 11.7. The summed E-state index contributed by atoms with van der Waals surface area (Å²) < 4.78 is 7.35. The zero-order valence-electron chi connectivity index (χ0n) is 18.6. The molecule has 2 aromatic heterocycles. The molecule has 166 valence electrons. The lowest BCUT2D eigenvalue weighted by Gasteiger charge is -2.28. The number of thiocarbonyl (C=S) groups is 1. The lowest BCUT2D eigenvalue weighted by molar-refractivity contribution is -0.140. The highest BCUT2D eigenvalue weighted by Gasteiger charge is 2.41. The average molecular weight is 441 g/mol. The van der Waals surface area contributed by atoms with E-state index in [0.29, 0.717) is 25.4 Å². The molecule has 0 unspecified atom stereocenters. The quantitative estimate of drug-likeness (QED) is 0.504. The number of hydrogen-bond donors (Lipinski definition) is 1. The number of aromatic nitrogens is 2. The van der Waals surface area contributed by atoms with Gasteiger partial charge in [0.2, 0.25) is 0 Å². The summed E-state index contributed by atoms with van der Waals surface area (Å²) in [6.07, 6.45) is 8.04. The highest BCUT2D eigenvalue weighted by Crippen LogP contribution is 2.43. The van der Waals surface area contributed by atoms with Gasteiger partial charge in [0.1, 0.15) is 0 Å². The van der Waals surface area contributed by atoms with Crippen molar-refractivity contribution in [3.05, 3.63) is 53.1 Å². The van der Waals surface area contributed by atoms with E-state index in [1.807, 2.05) is 18.3 Å². The van der Waals surface area contributed by atoms with Gasteiger partial charge in [-0.05, 0) is 69.1 Å². The lowest BCUT2D eigenvalue weighted by atomic mass is 9.96. The summed E-state index contributed by atoms with van der Waals surface area (Å²) in [6.45, 7) is 5.15.